The molecular weight excluding hydrogens is 324 g/mol. The second kappa shape index (κ2) is 7.81. The molecule has 1 atom stereocenters. The number of nitrogens with zero attached hydrogens (tertiary/aromatic N) is 3. The van der Waals surface area contributed by atoms with E-state index >= 15 is 0 Å². The van der Waals surface area contributed by atoms with Crippen molar-refractivity contribution in [2.24, 2.45) is 13.0 Å². The van der Waals surface area contributed by atoms with E-state index in [2.05, 4.69) is 15.3 Å². The van der Waals surface area contributed by atoms with E-state index in [1.54, 1.807) is 0 Å². The van der Waals surface area contributed by atoms with E-state index in [9.17, 15) is 4.79 Å². The topological polar surface area (TPSA) is 50.2 Å². The molecule has 6 heteroatoms. The van der Waals surface area contributed by atoms with Crippen LogP contribution >= 0.6 is 11.6 Å². The Morgan fingerprint density at radius 1 is 1.33 bits per heavy atom. The normalized spacial score (nSPS) is 18.0. The zero-order chi connectivity index (χ0) is 16.9. The minimum atomic E-state index is 0.0897. The Hall–Kier alpha value is -1.85. The lowest BCUT2D eigenvalue weighted by atomic mass is 10.1. The van der Waals surface area contributed by atoms with E-state index in [0.717, 1.165) is 37.5 Å². The summed E-state index contributed by atoms with van der Waals surface area (Å²) in [5, 5.41) is 7.99. The summed E-state index contributed by atoms with van der Waals surface area (Å²) in [6.45, 7) is 3.31. The highest BCUT2D eigenvalue weighted by molar-refractivity contribution is 6.30. The van der Waals surface area contributed by atoms with Gasteiger partial charge in [0.15, 0.2) is 0 Å². The average Bonchev–Trinajstić information content (AvgIpc) is 3.19. The number of carbonyl (C=O) groups is 1. The summed E-state index contributed by atoms with van der Waals surface area (Å²) in [5.41, 5.74) is 2.38. The molecule has 2 aromatic rings. The minimum Gasteiger partial charge on any atom is -0.355 e. The van der Waals surface area contributed by atoms with E-state index in [0.29, 0.717) is 6.54 Å². The molecule has 0 radical (unpaired) electrons. The number of aromatic nitrogens is 2. The molecule has 1 aliphatic rings. The van der Waals surface area contributed by atoms with Crippen LogP contribution in [0.3, 0.4) is 0 Å². The largest absolute Gasteiger partial charge is 0.355 e. The maximum absolute atomic E-state index is 12.3. The van der Waals surface area contributed by atoms with Crippen molar-refractivity contribution >= 4 is 17.5 Å². The van der Waals surface area contributed by atoms with Gasteiger partial charge >= 0.3 is 0 Å². The van der Waals surface area contributed by atoms with Crippen LogP contribution in [-0.4, -0.2) is 40.2 Å². The second-order valence-electron chi connectivity index (χ2n) is 6.41. The Bertz CT molecular complexity index is 683. The minimum absolute atomic E-state index is 0.0897. The van der Waals surface area contributed by atoms with Gasteiger partial charge in [0, 0.05) is 43.5 Å². The average molecular weight is 347 g/mol. The van der Waals surface area contributed by atoms with E-state index in [4.69, 9.17) is 11.6 Å². The van der Waals surface area contributed by atoms with Crippen molar-refractivity contribution in [3.63, 3.8) is 0 Å². The van der Waals surface area contributed by atoms with Crippen LogP contribution in [0.2, 0.25) is 5.02 Å². The predicted molar refractivity (Wildman–Crippen MR) is 94.8 cm³/mol. The number of benzene rings is 1. The molecule has 1 fully saturated rings. The standard InChI is InChI=1S/C18H23ClN4O/c1-22-11-15(10-21-22)12-23-9-7-16(13-23)18(24)20-8-6-14-2-4-17(19)5-3-14/h2-5,10-11,16H,6-9,12-13H2,1H3,(H,20,24)/t16-/m1/s1. The fourth-order valence-corrected chi connectivity index (χ4v) is 3.25. The molecule has 0 aliphatic carbocycles. The van der Waals surface area contributed by atoms with E-state index in [-0.39, 0.29) is 11.8 Å². The lowest BCUT2D eigenvalue weighted by Crippen LogP contribution is -2.33. The molecule has 0 spiro atoms. The molecule has 1 amide bonds. The summed E-state index contributed by atoms with van der Waals surface area (Å²) in [7, 11) is 1.92. The number of aryl methyl sites for hydroxylation is 1. The molecule has 1 aromatic heterocycles. The molecule has 128 valence electrons. The van der Waals surface area contributed by atoms with Crippen LogP contribution in [0.1, 0.15) is 17.5 Å². The molecule has 1 saturated heterocycles. The zero-order valence-electron chi connectivity index (χ0n) is 13.9. The molecular formula is C18H23ClN4O. The van der Waals surface area contributed by atoms with Gasteiger partial charge in [0.05, 0.1) is 12.1 Å². The number of likely N-dealkylation sites (tertiary alicyclic amines) is 1. The molecule has 0 unspecified atom stereocenters. The van der Waals surface area contributed by atoms with Crippen LogP contribution < -0.4 is 5.32 Å². The predicted octanol–water partition coefficient (Wildman–Crippen LogP) is 2.25. The van der Waals surface area contributed by atoms with Gasteiger partial charge in [-0.2, -0.15) is 5.10 Å². The monoisotopic (exact) mass is 346 g/mol. The number of amides is 1. The lowest BCUT2D eigenvalue weighted by Gasteiger charge is -2.15. The fourth-order valence-electron chi connectivity index (χ4n) is 3.13. The molecule has 24 heavy (non-hydrogen) atoms. The van der Waals surface area contributed by atoms with Gasteiger partial charge in [0.25, 0.3) is 0 Å². The van der Waals surface area contributed by atoms with E-state index in [1.807, 2.05) is 48.4 Å². The highest BCUT2D eigenvalue weighted by atomic mass is 35.5. The number of rotatable bonds is 6. The SMILES string of the molecule is Cn1cc(CN2CC[C@@H](C(=O)NCCc3ccc(Cl)cc3)C2)cn1. The third-order valence-electron chi connectivity index (χ3n) is 4.43. The summed E-state index contributed by atoms with van der Waals surface area (Å²) in [6, 6.07) is 7.76. The van der Waals surface area contributed by atoms with Crippen LogP contribution in [0.25, 0.3) is 0 Å². The van der Waals surface area contributed by atoms with Crippen molar-refractivity contribution in [3.8, 4) is 0 Å². The number of carbonyl (C=O) groups excluding carboxylic acids is 1. The van der Waals surface area contributed by atoms with E-state index < -0.39 is 0 Å². The molecule has 0 bridgehead atoms. The second-order valence-corrected chi connectivity index (χ2v) is 6.85. The summed E-state index contributed by atoms with van der Waals surface area (Å²) >= 11 is 5.88. The molecule has 0 saturated carbocycles. The first-order valence-electron chi connectivity index (χ1n) is 8.32. The van der Waals surface area contributed by atoms with Gasteiger partial charge in [-0.15, -0.1) is 0 Å². The molecule has 2 heterocycles. The summed E-state index contributed by atoms with van der Waals surface area (Å²) in [4.78, 5) is 14.6. The van der Waals surface area contributed by atoms with Crippen molar-refractivity contribution in [1.29, 1.82) is 0 Å². The third kappa shape index (κ3) is 4.58. The highest BCUT2D eigenvalue weighted by Crippen LogP contribution is 2.18. The first-order valence-corrected chi connectivity index (χ1v) is 8.70. The van der Waals surface area contributed by atoms with Crippen molar-refractivity contribution in [2.75, 3.05) is 19.6 Å². The molecule has 3 rings (SSSR count). The van der Waals surface area contributed by atoms with Crippen LogP contribution in [0.15, 0.2) is 36.7 Å². The summed E-state index contributed by atoms with van der Waals surface area (Å²) in [6.07, 6.45) is 5.67. The van der Waals surface area contributed by atoms with Gasteiger partial charge in [-0.3, -0.25) is 14.4 Å². The van der Waals surface area contributed by atoms with Crippen LogP contribution in [0.5, 0.6) is 0 Å². The van der Waals surface area contributed by atoms with Gasteiger partial charge in [0.2, 0.25) is 5.91 Å². The molecule has 1 aliphatic heterocycles. The number of hydrogen-bond donors (Lipinski definition) is 1. The Labute approximate surface area is 147 Å². The Balaban J connectivity index is 1.40. The molecule has 1 aromatic carbocycles. The highest BCUT2D eigenvalue weighted by Gasteiger charge is 2.28. The number of halogens is 1. The summed E-state index contributed by atoms with van der Waals surface area (Å²) in [5.74, 6) is 0.254. The molecule has 5 nitrogen and oxygen atoms in total. The Morgan fingerprint density at radius 3 is 2.83 bits per heavy atom. The van der Waals surface area contributed by atoms with Crippen molar-refractivity contribution in [3.05, 3.63) is 52.8 Å². The zero-order valence-corrected chi connectivity index (χ0v) is 14.7. The maximum atomic E-state index is 12.3. The van der Waals surface area contributed by atoms with Crippen molar-refractivity contribution < 1.29 is 4.79 Å². The smallest absolute Gasteiger partial charge is 0.224 e. The van der Waals surface area contributed by atoms with Crippen molar-refractivity contribution in [1.82, 2.24) is 20.0 Å². The third-order valence-corrected chi connectivity index (χ3v) is 4.69. The number of hydrogen-bond acceptors (Lipinski definition) is 3. The van der Waals surface area contributed by atoms with Crippen LogP contribution in [0.4, 0.5) is 0 Å². The molecule has 1 N–H and O–H groups in total. The lowest BCUT2D eigenvalue weighted by molar-refractivity contribution is -0.124. The van der Waals surface area contributed by atoms with E-state index in [1.165, 1.54) is 11.1 Å². The first kappa shape index (κ1) is 17.0. The Kier molecular flexibility index (Phi) is 5.53. The van der Waals surface area contributed by atoms with Gasteiger partial charge in [0.1, 0.15) is 0 Å². The Morgan fingerprint density at radius 2 is 2.12 bits per heavy atom. The summed E-state index contributed by atoms with van der Waals surface area (Å²) < 4.78 is 1.81. The van der Waals surface area contributed by atoms with Crippen LogP contribution in [0, 0.1) is 5.92 Å². The van der Waals surface area contributed by atoms with Crippen LogP contribution in [-0.2, 0) is 24.8 Å². The van der Waals surface area contributed by atoms with Gasteiger partial charge in [-0.1, -0.05) is 23.7 Å². The first-order chi connectivity index (χ1) is 11.6. The van der Waals surface area contributed by atoms with Gasteiger partial charge in [-0.25, -0.2) is 0 Å². The van der Waals surface area contributed by atoms with Crippen molar-refractivity contribution in [2.45, 2.75) is 19.4 Å². The van der Waals surface area contributed by atoms with Gasteiger partial charge in [-0.05, 0) is 37.1 Å². The van der Waals surface area contributed by atoms with Gasteiger partial charge < -0.3 is 5.32 Å². The quantitative estimate of drug-likeness (QED) is 0.872. The maximum Gasteiger partial charge on any atom is 0.224 e. The number of nitrogens with one attached hydrogen (secondary N) is 1. The fraction of sp³-hybridized carbons (Fsp3) is 0.444.